The number of ether oxygens (including phenoxy) is 1. The van der Waals surface area contributed by atoms with Gasteiger partial charge < -0.3 is 9.64 Å². The Labute approximate surface area is 207 Å². The van der Waals surface area contributed by atoms with Gasteiger partial charge in [0.15, 0.2) is 5.17 Å². The number of nitriles is 1. The maximum atomic E-state index is 11.9. The Kier molecular flexibility index (Phi) is 7.92. The number of nitrogens with one attached hydrogen (secondary N) is 1. The van der Waals surface area contributed by atoms with Gasteiger partial charge in [0, 0.05) is 38.8 Å². The summed E-state index contributed by atoms with van der Waals surface area (Å²) in [6.07, 6.45) is 2.62. The lowest BCUT2D eigenvalue weighted by Crippen LogP contribution is -2.46. The number of esters is 1. The summed E-state index contributed by atoms with van der Waals surface area (Å²) >= 11 is 1.000. The number of hydrogen-bond donors (Lipinski definition) is 1. The molecule has 0 aliphatic carbocycles. The van der Waals surface area contributed by atoms with Crippen molar-refractivity contribution in [1.82, 2.24) is 10.2 Å². The van der Waals surface area contributed by atoms with Crippen molar-refractivity contribution in [3.05, 3.63) is 76.2 Å². The maximum Gasteiger partial charge on any atom is 0.331 e. The first kappa shape index (κ1) is 24.2. The molecular weight excluding hydrogens is 464 g/mol. The van der Waals surface area contributed by atoms with Crippen molar-refractivity contribution in [3.63, 3.8) is 0 Å². The Bertz CT molecular complexity index is 1230. The molecule has 2 aliphatic heterocycles. The van der Waals surface area contributed by atoms with Crippen molar-refractivity contribution in [2.24, 2.45) is 10.2 Å². The summed E-state index contributed by atoms with van der Waals surface area (Å²) in [5, 5.41) is 20.5. The number of anilines is 1. The van der Waals surface area contributed by atoms with E-state index in [0.717, 1.165) is 61.8 Å². The Hall–Kier alpha value is -3.94. The van der Waals surface area contributed by atoms with Crippen molar-refractivity contribution in [3.8, 4) is 6.07 Å². The minimum absolute atomic E-state index is 0.186. The summed E-state index contributed by atoms with van der Waals surface area (Å²) in [4.78, 5) is 28.0. The monoisotopic (exact) mass is 488 g/mol. The van der Waals surface area contributed by atoms with Crippen LogP contribution < -0.4 is 10.2 Å². The number of amides is 1. The molecule has 0 bridgehead atoms. The van der Waals surface area contributed by atoms with Crippen LogP contribution in [0, 0.1) is 11.3 Å². The lowest BCUT2D eigenvalue weighted by atomic mass is 10.1. The zero-order chi connectivity index (χ0) is 24.6. The zero-order valence-electron chi connectivity index (χ0n) is 19.2. The molecule has 0 saturated carbocycles. The molecule has 2 saturated heterocycles. The number of piperazine rings is 1. The fraction of sp³-hybridized carbons (Fsp3) is 0.240. The van der Waals surface area contributed by atoms with Crippen molar-refractivity contribution >= 4 is 40.7 Å². The number of amidine groups is 1. The molecule has 178 valence electrons. The summed E-state index contributed by atoms with van der Waals surface area (Å²) in [6.45, 7) is 4.48. The minimum Gasteiger partial charge on any atom is -0.466 e. The second-order valence-electron chi connectivity index (χ2n) is 7.87. The van der Waals surface area contributed by atoms with Gasteiger partial charge in [0.2, 0.25) is 0 Å². The zero-order valence-corrected chi connectivity index (χ0v) is 20.0. The Morgan fingerprint density at radius 1 is 1.20 bits per heavy atom. The molecule has 10 heteroatoms. The third-order valence-corrected chi connectivity index (χ3v) is 6.46. The molecule has 1 N–H and O–H groups in total. The number of rotatable bonds is 6. The summed E-state index contributed by atoms with van der Waals surface area (Å²) < 4.78 is 4.53. The van der Waals surface area contributed by atoms with Gasteiger partial charge in [-0.1, -0.05) is 36.4 Å². The molecule has 2 heterocycles. The molecule has 0 atom stereocenters. The van der Waals surface area contributed by atoms with Gasteiger partial charge in [0.25, 0.3) is 5.91 Å². The molecule has 0 radical (unpaired) electrons. The fourth-order valence-corrected chi connectivity index (χ4v) is 4.52. The largest absolute Gasteiger partial charge is 0.466 e. The number of carbonyl (C=O) groups excluding carboxylic acids is 2. The van der Waals surface area contributed by atoms with E-state index in [1.165, 1.54) is 18.9 Å². The highest BCUT2D eigenvalue weighted by Crippen LogP contribution is 2.24. The number of nitrogens with zero attached hydrogens (tertiary/aromatic N) is 5. The van der Waals surface area contributed by atoms with E-state index in [-0.39, 0.29) is 10.1 Å². The predicted octanol–water partition coefficient (Wildman–Crippen LogP) is 2.49. The Morgan fingerprint density at radius 3 is 2.69 bits per heavy atom. The minimum atomic E-state index is -0.617. The van der Waals surface area contributed by atoms with Gasteiger partial charge >= 0.3 is 5.97 Å². The molecule has 0 aromatic heterocycles. The molecule has 1 amide bonds. The lowest BCUT2D eigenvalue weighted by Gasteiger charge is -2.36. The second-order valence-corrected chi connectivity index (χ2v) is 8.91. The normalized spacial score (nSPS) is 18.7. The van der Waals surface area contributed by atoms with Gasteiger partial charge in [-0.3, -0.25) is 15.0 Å². The highest BCUT2D eigenvalue weighted by Gasteiger charge is 2.25. The first-order chi connectivity index (χ1) is 17.1. The first-order valence-electron chi connectivity index (χ1n) is 11.0. The summed E-state index contributed by atoms with van der Waals surface area (Å²) in [7, 11) is 1.24. The Morgan fingerprint density at radius 2 is 1.97 bits per heavy atom. The predicted molar refractivity (Wildman–Crippen MR) is 136 cm³/mol. The van der Waals surface area contributed by atoms with E-state index in [4.69, 9.17) is 0 Å². The topological polar surface area (TPSA) is 110 Å². The smallest absolute Gasteiger partial charge is 0.331 e. The van der Waals surface area contributed by atoms with Crippen LogP contribution in [0.15, 0.2) is 69.7 Å². The van der Waals surface area contributed by atoms with Gasteiger partial charge in [-0.05, 0) is 35.0 Å². The number of hydrogen-bond acceptors (Lipinski definition) is 9. The van der Waals surface area contributed by atoms with E-state index in [2.05, 4.69) is 60.4 Å². The molecule has 2 fully saturated rings. The van der Waals surface area contributed by atoms with Gasteiger partial charge in [-0.2, -0.15) is 10.4 Å². The van der Waals surface area contributed by atoms with E-state index >= 15 is 0 Å². The first-order valence-corrected chi connectivity index (χ1v) is 11.8. The van der Waals surface area contributed by atoms with Crippen molar-refractivity contribution in [2.45, 2.75) is 6.54 Å². The van der Waals surface area contributed by atoms with Crippen LogP contribution in [0.4, 0.5) is 5.69 Å². The maximum absolute atomic E-state index is 11.9. The lowest BCUT2D eigenvalue weighted by molar-refractivity contribution is -0.135. The fourth-order valence-electron chi connectivity index (χ4n) is 3.78. The Balaban J connectivity index is 1.37. The average molecular weight is 489 g/mol. The molecule has 2 aromatic rings. The third kappa shape index (κ3) is 6.35. The van der Waals surface area contributed by atoms with Crippen molar-refractivity contribution in [1.29, 1.82) is 5.26 Å². The van der Waals surface area contributed by atoms with E-state index in [1.807, 2.05) is 18.2 Å². The number of methoxy groups -OCH3 is 1. The number of thioether (sulfide) groups is 1. The van der Waals surface area contributed by atoms with E-state index < -0.39 is 11.9 Å². The molecule has 9 nitrogen and oxygen atoms in total. The van der Waals surface area contributed by atoms with Crippen LogP contribution in [0.25, 0.3) is 0 Å². The molecule has 35 heavy (non-hydrogen) atoms. The highest BCUT2D eigenvalue weighted by atomic mass is 32.2. The van der Waals surface area contributed by atoms with Crippen LogP contribution >= 0.6 is 11.8 Å². The van der Waals surface area contributed by atoms with Crippen LogP contribution in [0.3, 0.4) is 0 Å². The number of benzene rings is 2. The van der Waals surface area contributed by atoms with Crippen LogP contribution in [-0.4, -0.2) is 61.4 Å². The van der Waals surface area contributed by atoms with E-state index in [0.29, 0.717) is 5.56 Å². The van der Waals surface area contributed by atoms with Crippen LogP contribution in [0.5, 0.6) is 0 Å². The summed E-state index contributed by atoms with van der Waals surface area (Å²) in [5.74, 6) is -1.05. The van der Waals surface area contributed by atoms with Gasteiger partial charge in [0.1, 0.15) is 6.07 Å². The van der Waals surface area contributed by atoms with Crippen molar-refractivity contribution in [2.75, 3.05) is 38.2 Å². The molecule has 2 aliphatic rings. The van der Waals surface area contributed by atoms with E-state index in [1.54, 1.807) is 6.07 Å². The van der Waals surface area contributed by atoms with Crippen LogP contribution in [0.1, 0.15) is 16.7 Å². The van der Waals surface area contributed by atoms with Gasteiger partial charge in [-0.25, -0.2) is 4.79 Å². The SMILES string of the molecule is COC(=O)/C=C1/S/C(=N\N=Cc2ccc(N3CCN(Cc4ccccc4)CC3)c(C#N)c2)NC1=O. The van der Waals surface area contributed by atoms with Crippen molar-refractivity contribution < 1.29 is 14.3 Å². The highest BCUT2D eigenvalue weighted by molar-refractivity contribution is 8.18. The second kappa shape index (κ2) is 11.5. The third-order valence-electron chi connectivity index (χ3n) is 5.56. The van der Waals surface area contributed by atoms with Gasteiger partial charge in [0.05, 0.1) is 29.5 Å². The summed E-state index contributed by atoms with van der Waals surface area (Å²) in [5.41, 5.74) is 3.51. The quantitative estimate of drug-likeness (QED) is 0.288. The average Bonchev–Trinajstić information content (AvgIpc) is 3.23. The summed E-state index contributed by atoms with van der Waals surface area (Å²) in [6, 6.07) is 18.3. The standard InChI is InChI=1S/C25H24N6O3S/c1-34-23(32)14-22-24(33)28-25(35-22)29-27-16-19-7-8-21(20(13-19)15-26)31-11-9-30(10-12-31)17-18-5-3-2-4-6-18/h2-8,13-14,16H,9-12,17H2,1H3,(H,28,29,33)/b22-14+,27-16?. The number of carbonyl (C=O) groups is 2. The van der Waals surface area contributed by atoms with Crippen LogP contribution in [-0.2, 0) is 20.9 Å². The molecule has 0 spiro atoms. The molecule has 2 aromatic carbocycles. The molecule has 4 rings (SSSR count). The molecular formula is C25H24N6O3S. The van der Waals surface area contributed by atoms with E-state index in [9.17, 15) is 14.9 Å². The van der Waals surface area contributed by atoms with Crippen LogP contribution in [0.2, 0.25) is 0 Å². The van der Waals surface area contributed by atoms with Gasteiger partial charge in [-0.15, -0.1) is 5.10 Å². The molecule has 0 unspecified atom stereocenters.